The molecule has 9 heteroatoms. The molecule has 2 aromatic heterocycles. The highest BCUT2D eigenvalue weighted by atomic mass is 35.5. The van der Waals surface area contributed by atoms with Crippen molar-refractivity contribution in [1.29, 1.82) is 0 Å². The van der Waals surface area contributed by atoms with E-state index in [1.807, 2.05) is 31.2 Å². The number of anilines is 1. The predicted molar refractivity (Wildman–Crippen MR) is 115 cm³/mol. The largest absolute Gasteiger partial charge is 0.325 e. The van der Waals surface area contributed by atoms with Gasteiger partial charge in [0, 0.05) is 10.7 Å². The van der Waals surface area contributed by atoms with Gasteiger partial charge >= 0.3 is 0 Å². The summed E-state index contributed by atoms with van der Waals surface area (Å²) < 4.78 is 1.57. The lowest BCUT2D eigenvalue weighted by atomic mass is 10.2. The minimum atomic E-state index is -0.309. The van der Waals surface area contributed by atoms with Crippen LogP contribution in [0.2, 0.25) is 5.02 Å². The van der Waals surface area contributed by atoms with E-state index in [1.165, 1.54) is 6.20 Å². The molecule has 4 aromatic rings. The summed E-state index contributed by atoms with van der Waals surface area (Å²) in [5.74, 6) is -0.0787. The van der Waals surface area contributed by atoms with Crippen molar-refractivity contribution in [3.8, 4) is 5.69 Å². The quantitative estimate of drug-likeness (QED) is 0.374. The Kier molecular flexibility index (Phi) is 5.37. The third kappa shape index (κ3) is 4.33. The van der Waals surface area contributed by atoms with Crippen molar-refractivity contribution in [3.05, 3.63) is 75.7 Å². The normalized spacial score (nSPS) is 11.0. The molecule has 7 nitrogen and oxygen atoms in total. The summed E-state index contributed by atoms with van der Waals surface area (Å²) in [7, 11) is 0. The number of halogens is 1. The van der Waals surface area contributed by atoms with Gasteiger partial charge in [0.15, 0.2) is 10.8 Å². The Bertz CT molecular complexity index is 1230. The van der Waals surface area contributed by atoms with Gasteiger partial charge in [0.05, 0.1) is 17.6 Å². The molecule has 0 atom stereocenters. The average molecular weight is 426 g/mol. The number of fused-ring (bicyclic) bond motifs is 1. The van der Waals surface area contributed by atoms with Crippen molar-refractivity contribution in [2.45, 2.75) is 12.1 Å². The molecule has 29 heavy (non-hydrogen) atoms. The summed E-state index contributed by atoms with van der Waals surface area (Å²) in [5.41, 5.74) is 2.67. The summed E-state index contributed by atoms with van der Waals surface area (Å²) in [6, 6.07) is 14.6. The lowest BCUT2D eigenvalue weighted by Gasteiger charge is -2.06. The molecule has 2 aromatic carbocycles. The summed E-state index contributed by atoms with van der Waals surface area (Å²) >= 11 is 7.09. The second kappa shape index (κ2) is 8.10. The number of nitrogens with one attached hydrogen (secondary N) is 2. The lowest BCUT2D eigenvalue weighted by Crippen LogP contribution is -2.15. The predicted octanol–water partition coefficient (Wildman–Crippen LogP) is 3.80. The van der Waals surface area contributed by atoms with E-state index in [-0.39, 0.29) is 17.2 Å². The molecule has 2 heterocycles. The van der Waals surface area contributed by atoms with Crippen LogP contribution in [0.15, 0.2) is 64.7 Å². The van der Waals surface area contributed by atoms with Crippen LogP contribution >= 0.6 is 23.4 Å². The maximum atomic E-state index is 12.4. The van der Waals surface area contributed by atoms with Crippen molar-refractivity contribution in [2.24, 2.45) is 0 Å². The molecule has 0 fully saturated rings. The van der Waals surface area contributed by atoms with Crippen molar-refractivity contribution in [2.75, 3.05) is 11.1 Å². The van der Waals surface area contributed by atoms with Crippen LogP contribution in [0.25, 0.3) is 16.7 Å². The molecule has 0 saturated heterocycles. The standard InChI is InChI=1S/C20H16ClN5O2S/c1-12-2-6-14(7-3-12)23-17(27)11-29-20-24-18-16(19(28)25-20)10-22-26(18)15-8-4-13(21)5-9-15/h2-10H,11H2,1H3,(H,23,27)(H,24,25,28). The fourth-order valence-electron chi connectivity index (χ4n) is 2.71. The fraction of sp³-hybridized carbons (Fsp3) is 0.100. The third-order valence-electron chi connectivity index (χ3n) is 4.16. The topological polar surface area (TPSA) is 92.7 Å². The van der Waals surface area contributed by atoms with E-state index >= 15 is 0 Å². The maximum Gasteiger partial charge on any atom is 0.262 e. The van der Waals surface area contributed by atoms with E-state index in [2.05, 4.69) is 20.4 Å². The molecule has 0 aliphatic carbocycles. The van der Waals surface area contributed by atoms with Gasteiger partial charge < -0.3 is 10.3 Å². The van der Waals surface area contributed by atoms with E-state index in [0.29, 0.717) is 21.2 Å². The summed E-state index contributed by atoms with van der Waals surface area (Å²) in [6.07, 6.45) is 1.47. The summed E-state index contributed by atoms with van der Waals surface area (Å²) in [4.78, 5) is 31.8. The van der Waals surface area contributed by atoms with Crippen LogP contribution in [0, 0.1) is 6.92 Å². The Morgan fingerprint density at radius 1 is 1.17 bits per heavy atom. The van der Waals surface area contributed by atoms with E-state index < -0.39 is 0 Å². The Morgan fingerprint density at radius 2 is 1.90 bits per heavy atom. The number of hydrogen-bond donors (Lipinski definition) is 2. The number of carbonyl (C=O) groups excluding carboxylic acids is 1. The molecule has 0 radical (unpaired) electrons. The first-order valence-corrected chi connectivity index (χ1v) is 10.1. The van der Waals surface area contributed by atoms with Crippen molar-refractivity contribution in [3.63, 3.8) is 0 Å². The van der Waals surface area contributed by atoms with Crippen LogP contribution < -0.4 is 10.9 Å². The van der Waals surface area contributed by atoms with Gasteiger partial charge in [0.25, 0.3) is 5.56 Å². The Morgan fingerprint density at radius 3 is 2.62 bits per heavy atom. The van der Waals surface area contributed by atoms with E-state index in [0.717, 1.165) is 28.7 Å². The van der Waals surface area contributed by atoms with Crippen LogP contribution in [0.5, 0.6) is 0 Å². The van der Waals surface area contributed by atoms with Crippen molar-refractivity contribution in [1.82, 2.24) is 19.7 Å². The van der Waals surface area contributed by atoms with Crippen molar-refractivity contribution >= 4 is 46.0 Å². The van der Waals surface area contributed by atoms with Crippen LogP contribution in [0.3, 0.4) is 0 Å². The van der Waals surface area contributed by atoms with E-state index in [1.54, 1.807) is 28.9 Å². The molecule has 1 amide bonds. The highest BCUT2D eigenvalue weighted by Gasteiger charge is 2.13. The van der Waals surface area contributed by atoms with Gasteiger partial charge in [-0.05, 0) is 43.3 Å². The number of amides is 1. The molecule has 0 bridgehead atoms. The summed E-state index contributed by atoms with van der Waals surface area (Å²) in [6.45, 7) is 1.98. The number of H-pyrrole nitrogens is 1. The first-order chi connectivity index (χ1) is 14.0. The number of aromatic nitrogens is 4. The van der Waals surface area contributed by atoms with Gasteiger partial charge in [-0.2, -0.15) is 5.10 Å². The minimum absolute atomic E-state index is 0.109. The van der Waals surface area contributed by atoms with Crippen LogP contribution in [-0.2, 0) is 4.79 Å². The van der Waals surface area contributed by atoms with Gasteiger partial charge in [-0.1, -0.05) is 41.1 Å². The minimum Gasteiger partial charge on any atom is -0.325 e. The van der Waals surface area contributed by atoms with Gasteiger partial charge in [-0.15, -0.1) is 0 Å². The third-order valence-corrected chi connectivity index (χ3v) is 5.29. The van der Waals surface area contributed by atoms with Crippen LogP contribution in [0.1, 0.15) is 5.56 Å². The van der Waals surface area contributed by atoms with Gasteiger partial charge in [0.1, 0.15) is 5.39 Å². The van der Waals surface area contributed by atoms with Gasteiger partial charge in [0.2, 0.25) is 5.91 Å². The lowest BCUT2D eigenvalue weighted by molar-refractivity contribution is -0.113. The SMILES string of the molecule is Cc1ccc(NC(=O)CSc2nc3c(cnn3-c3ccc(Cl)cc3)c(=O)[nH]2)cc1. The Hall–Kier alpha value is -3.10. The van der Waals surface area contributed by atoms with Crippen molar-refractivity contribution < 1.29 is 4.79 Å². The van der Waals surface area contributed by atoms with Crippen LogP contribution in [-0.4, -0.2) is 31.4 Å². The van der Waals surface area contributed by atoms with Gasteiger partial charge in [-0.25, -0.2) is 9.67 Å². The highest BCUT2D eigenvalue weighted by Crippen LogP contribution is 2.19. The number of nitrogens with zero attached hydrogens (tertiary/aromatic N) is 3. The Balaban J connectivity index is 1.54. The number of thioether (sulfide) groups is 1. The molecule has 0 aliphatic rings. The maximum absolute atomic E-state index is 12.4. The number of rotatable bonds is 5. The molecule has 4 rings (SSSR count). The molecule has 0 saturated carbocycles. The van der Waals surface area contributed by atoms with Crippen LogP contribution in [0.4, 0.5) is 5.69 Å². The fourth-order valence-corrected chi connectivity index (χ4v) is 3.49. The first-order valence-electron chi connectivity index (χ1n) is 8.73. The molecule has 0 aliphatic heterocycles. The smallest absolute Gasteiger partial charge is 0.262 e. The van der Waals surface area contributed by atoms with E-state index in [9.17, 15) is 9.59 Å². The second-order valence-corrected chi connectivity index (χ2v) is 7.74. The molecule has 0 unspecified atom stereocenters. The number of aryl methyl sites for hydroxylation is 1. The monoisotopic (exact) mass is 425 g/mol. The molecule has 2 N–H and O–H groups in total. The molecule has 0 spiro atoms. The number of aromatic amines is 1. The zero-order chi connectivity index (χ0) is 20.4. The molecular weight excluding hydrogens is 410 g/mol. The number of carbonyl (C=O) groups is 1. The highest BCUT2D eigenvalue weighted by molar-refractivity contribution is 7.99. The zero-order valence-electron chi connectivity index (χ0n) is 15.3. The zero-order valence-corrected chi connectivity index (χ0v) is 16.9. The van der Waals surface area contributed by atoms with Gasteiger partial charge in [-0.3, -0.25) is 9.59 Å². The number of benzene rings is 2. The van der Waals surface area contributed by atoms with E-state index in [4.69, 9.17) is 11.6 Å². The molecular formula is C20H16ClN5O2S. The summed E-state index contributed by atoms with van der Waals surface area (Å²) in [5, 5.41) is 8.39. The average Bonchev–Trinajstić information content (AvgIpc) is 3.13. The first kappa shape index (κ1) is 19.2. The second-order valence-electron chi connectivity index (χ2n) is 6.34. The number of hydrogen-bond acceptors (Lipinski definition) is 5. The molecule has 146 valence electrons. The Labute approximate surface area is 175 Å².